The Morgan fingerprint density at radius 1 is 1.07 bits per heavy atom. The highest BCUT2D eigenvalue weighted by atomic mass is 19.1. The van der Waals surface area contributed by atoms with Gasteiger partial charge in [-0.05, 0) is 54.8 Å². The number of imidazole rings is 1. The predicted octanol–water partition coefficient (Wildman–Crippen LogP) is 4.37. The highest BCUT2D eigenvalue weighted by molar-refractivity contribution is 5.82. The summed E-state index contributed by atoms with van der Waals surface area (Å²) in [5, 5.41) is 0. The Hall–Kier alpha value is -3.67. The van der Waals surface area contributed by atoms with Gasteiger partial charge in [-0.2, -0.15) is 0 Å². The fraction of sp³-hybridized carbons (Fsp3) is 0.167. The summed E-state index contributed by atoms with van der Waals surface area (Å²) in [6.45, 7) is 4.43. The van der Waals surface area contributed by atoms with Gasteiger partial charge in [-0.3, -0.25) is 4.79 Å². The highest BCUT2D eigenvalue weighted by Crippen LogP contribution is 2.34. The minimum absolute atomic E-state index is 0.229. The van der Waals surface area contributed by atoms with Crippen LogP contribution in [-0.2, 0) is 11.3 Å². The number of fused-ring (bicyclic) bond motifs is 1. The van der Waals surface area contributed by atoms with Crippen molar-refractivity contribution in [3.8, 4) is 17.1 Å². The van der Waals surface area contributed by atoms with Crippen molar-refractivity contribution in [1.29, 1.82) is 0 Å². The second kappa shape index (κ2) is 7.99. The van der Waals surface area contributed by atoms with Gasteiger partial charge in [-0.25, -0.2) is 9.37 Å². The molecule has 5 nitrogen and oxygen atoms in total. The molecule has 0 aliphatic carbocycles. The summed E-state index contributed by atoms with van der Waals surface area (Å²) in [6, 6.07) is 18.3. The lowest BCUT2D eigenvalue weighted by atomic mass is 10.0. The summed E-state index contributed by atoms with van der Waals surface area (Å²) in [5.74, 6) is -0.227. The van der Waals surface area contributed by atoms with Crippen LogP contribution in [0.5, 0.6) is 5.75 Å². The van der Waals surface area contributed by atoms with Gasteiger partial charge in [0.2, 0.25) is 0 Å². The van der Waals surface area contributed by atoms with Gasteiger partial charge in [0.05, 0.1) is 23.1 Å². The molecule has 0 fully saturated rings. The molecule has 4 rings (SSSR count). The molecule has 152 valence electrons. The van der Waals surface area contributed by atoms with E-state index in [-0.39, 0.29) is 12.4 Å². The van der Waals surface area contributed by atoms with E-state index in [1.807, 2.05) is 30.3 Å². The minimum atomic E-state index is -0.630. The Morgan fingerprint density at radius 3 is 2.53 bits per heavy atom. The number of carbonyl (C=O) groups is 1. The molecular weight excluding hydrogens is 381 g/mol. The average molecular weight is 403 g/mol. The number of para-hydroxylation sites is 2. The Bertz CT molecular complexity index is 1230. The lowest BCUT2D eigenvalue weighted by Crippen LogP contribution is -2.20. The third kappa shape index (κ3) is 3.76. The molecule has 2 N–H and O–H groups in total. The van der Waals surface area contributed by atoms with Crippen LogP contribution >= 0.6 is 0 Å². The first kappa shape index (κ1) is 19.6. The summed E-state index contributed by atoms with van der Waals surface area (Å²) in [7, 11) is 0. The lowest BCUT2D eigenvalue weighted by Gasteiger charge is -2.16. The van der Waals surface area contributed by atoms with E-state index < -0.39 is 11.7 Å². The zero-order chi connectivity index (χ0) is 21.3. The van der Waals surface area contributed by atoms with Crippen LogP contribution < -0.4 is 10.5 Å². The number of amides is 1. The third-order valence-electron chi connectivity index (χ3n) is 5.17. The maximum Gasteiger partial charge on any atom is 0.255 e. The van der Waals surface area contributed by atoms with Crippen molar-refractivity contribution in [2.24, 2.45) is 5.73 Å². The molecule has 0 spiro atoms. The first-order chi connectivity index (χ1) is 14.4. The molecular formula is C24H22FN3O2. The van der Waals surface area contributed by atoms with Crippen molar-refractivity contribution < 1.29 is 13.9 Å². The molecule has 0 saturated carbocycles. The molecule has 0 saturated heterocycles. The number of halogens is 1. The summed E-state index contributed by atoms with van der Waals surface area (Å²) in [6.07, 6.45) is 0. The first-order valence-corrected chi connectivity index (χ1v) is 9.65. The Labute approximate surface area is 173 Å². The zero-order valence-corrected chi connectivity index (χ0v) is 16.9. The van der Waals surface area contributed by atoms with E-state index in [9.17, 15) is 9.18 Å². The number of primary amides is 1. The number of nitrogens with zero attached hydrogens (tertiary/aromatic N) is 2. The van der Waals surface area contributed by atoms with Crippen molar-refractivity contribution in [2.75, 3.05) is 6.61 Å². The molecule has 6 heteroatoms. The SMILES string of the molecule is Cc1cccc(C)c1Cn1c(-c2ccc(F)cc2OCC(N)=O)nc2ccccc21. The third-order valence-corrected chi connectivity index (χ3v) is 5.17. The minimum Gasteiger partial charge on any atom is -0.483 e. The Balaban J connectivity index is 1.90. The molecule has 0 bridgehead atoms. The number of ether oxygens (including phenoxy) is 1. The van der Waals surface area contributed by atoms with Gasteiger partial charge in [0.1, 0.15) is 17.4 Å². The van der Waals surface area contributed by atoms with E-state index in [1.54, 1.807) is 6.07 Å². The quantitative estimate of drug-likeness (QED) is 0.520. The monoisotopic (exact) mass is 403 g/mol. The lowest BCUT2D eigenvalue weighted by molar-refractivity contribution is -0.119. The van der Waals surface area contributed by atoms with Gasteiger partial charge in [-0.1, -0.05) is 30.3 Å². The smallest absolute Gasteiger partial charge is 0.255 e. The highest BCUT2D eigenvalue weighted by Gasteiger charge is 2.19. The summed E-state index contributed by atoms with van der Waals surface area (Å²) >= 11 is 0. The van der Waals surface area contributed by atoms with Crippen molar-refractivity contribution in [3.63, 3.8) is 0 Å². The molecule has 0 radical (unpaired) electrons. The van der Waals surface area contributed by atoms with E-state index in [0.717, 1.165) is 11.0 Å². The van der Waals surface area contributed by atoms with Crippen LogP contribution in [0.1, 0.15) is 16.7 Å². The van der Waals surface area contributed by atoms with Crippen molar-refractivity contribution >= 4 is 16.9 Å². The molecule has 3 aromatic carbocycles. The molecule has 1 heterocycles. The van der Waals surface area contributed by atoms with Crippen LogP contribution in [0.25, 0.3) is 22.4 Å². The zero-order valence-electron chi connectivity index (χ0n) is 16.9. The van der Waals surface area contributed by atoms with Gasteiger partial charge < -0.3 is 15.0 Å². The maximum atomic E-state index is 13.9. The summed E-state index contributed by atoms with van der Waals surface area (Å²) < 4.78 is 21.5. The van der Waals surface area contributed by atoms with Crippen LogP contribution in [0.2, 0.25) is 0 Å². The van der Waals surface area contributed by atoms with Gasteiger partial charge in [0, 0.05) is 6.07 Å². The van der Waals surface area contributed by atoms with Gasteiger partial charge in [0.25, 0.3) is 5.91 Å². The number of aryl methyl sites for hydroxylation is 2. The number of hydrogen-bond acceptors (Lipinski definition) is 3. The largest absolute Gasteiger partial charge is 0.483 e. The van der Waals surface area contributed by atoms with Crippen LogP contribution in [-0.4, -0.2) is 22.1 Å². The van der Waals surface area contributed by atoms with Gasteiger partial charge in [-0.15, -0.1) is 0 Å². The number of rotatable bonds is 6. The van der Waals surface area contributed by atoms with Crippen LogP contribution in [0, 0.1) is 19.7 Å². The summed E-state index contributed by atoms with van der Waals surface area (Å²) in [4.78, 5) is 16.0. The van der Waals surface area contributed by atoms with Crippen molar-refractivity contribution in [1.82, 2.24) is 9.55 Å². The van der Waals surface area contributed by atoms with Crippen LogP contribution in [0.4, 0.5) is 4.39 Å². The predicted molar refractivity (Wildman–Crippen MR) is 115 cm³/mol. The number of benzene rings is 3. The average Bonchev–Trinajstić information content (AvgIpc) is 3.07. The second-order valence-electron chi connectivity index (χ2n) is 7.28. The molecule has 1 aromatic heterocycles. The molecule has 1 amide bonds. The Kier molecular flexibility index (Phi) is 5.23. The molecule has 0 aliphatic rings. The van der Waals surface area contributed by atoms with E-state index in [4.69, 9.17) is 15.5 Å². The van der Waals surface area contributed by atoms with E-state index in [0.29, 0.717) is 17.9 Å². The van der Waals surface area contributed by atoms with Gasteiger partial charge in [0.15, 0.2) is 6.61 Å². The van der Waals surface area contributed by atoms with Crippen molar-refractivity contribution in [3.05, 3.63) is 83.2 Å². The normalized spacial score (nSPS) is 11.0. The Morgan fingerprint density at radius 2 is 1.80 bits per heavy atom. The van der Waals surface area contributed by atoms with Crippen molar-refractivity contribution in [2.45, 2.75) is 20.4 Å². The molecule has 4 aromatic rings. The van der Waals surface area contributed by atoms with Crippen LogP contribution in [0.15, 0.2) is 60.7 Å². The summed E-state index contributed by atoms with van der Waals surface area (Å²) in [5.41, 5.74) is 11.2. The first-order valence-electron chi connectivity index (χ1n) is 9.65. The number of carbonyl (C=O) groups excluding carboxylic acids is 1. The molecule has 0 aliphatic heterocycles. The number of hydrogen-bond donors (Lipinski definition) is 1. The molecule has 0 unspecified atom stereocenters. The number of nitrogens with two attached hydrogens (primary N) is 1. The second-order valence-corrected chi connectivity index (χ2v) is 7.28. The fourth-order valence-electron chi connectivity index (χ4n) is 3.65. The fourth-order valence-corrected chi connectivity index (χ4v) is 3.65. The van der Waals surface area contributed by atoms with Crippen LogP contribution in [0.3, 0.4) is 0 Å². The van der Waals surface area contributed by atoms with E-state index >= 15 is 0 Å². The van der Waals surface area contributed by atoms with E-state index in [2.05, 4.69) is 30.5 Å². The number of aromatic nitrogens is 2. The topological polar surface area (TPSA) is 70.1 Å². The van der Waals surface area contributed by atoms with Gasteiger partial charge >= 0.3 is 0 Å². The molecule has 0 atom stereocenters. The van der Waals surface area contributed by atoms with E-state index in [1.165, 1.54) is 28.8 Å². The molecule has 30 heavy (non-hydrogen) atoms. The maximum absolute atomic E-state index is 13.9. The standard InChI is InChI=1S/C24H22FN3O2/c1-15-6-5-7-16(2)19(15)13-28-21-9-4-3-8-20(21)27-24(28)18-11-10-17(25)12-22(18)30-14-23(26)29/h3-12H,13-14H2,1-2H3,(H2,26,29).